The van der Waals surface area contributed by atoms with Crippen molar-refractivity contribution in [3.63, 3.8) is 0 Å². The molecule has 0 radical (unpaired) electrons. The second kappa shape index (κ2) is 4.40. The number of benzene rings is 1. The van der Waals surface area contributed by atoms with Gasteiger partial charge in [-0.3, -0.25) is 9.48 Å². The number of aryl methyl sites for hydroxylation is 1. The molecule has 1 aliphatic heterocycles. The van der Waals surface area contributed by atoms with Crippen LogP contribution in [-0.2, 0) is 11.8 Å². The first-order valence-electron chi connectivity index (χ1n) is 5.82. The van der Waals surface area contributed by atoms with E-state index in [0.29, 0.717) is 5.56 Å². The third-order valence-corrected chi connectivity index (χ3v) is 4.08. The van der Waals surface area contributed by atoms with Gasteiger partial charge < -0.3 is 10.0 Å². The number of amides is 1. The van der Waals surface area contributed by atoms with Crippen molar-refractivity contribution in [1.29, 1.82) is 0 Å². The number of nitrogens with zero attached hydrogens (tertiary/aromatic N) is 3. The molecule has 1 aromatic carbocycles. The average molecular weight is 275 g/mol. The van der Waals surface area contributed by atoms with Crippen molar-refractivity contribution in [1.82, 2.24) is 9.78 Å². The van der Waals surface area contributed by atoms with Gasteiger partial charge in [-0.2, -0.15) is 5.10 Å². The Hall–Kier alpha value is -1.79. The van der Waals surface area contributed by atoms with E-state index in [0.717, 1.165) is 15.5 Å². The van der Waals surface area contributed by atoms with Crippen LogP contribution in [0.1, 0.15) is 11.7 Å². The van der Waals surface area contributed by atoms with Crippen LogP contribution in [0, 0.1) is 0 Å². The molecule has 3 rings (SSSR count). The summed E-state index contributed by atoms with van der Waals surface area (Å²) in [5.74, 6) is -0.279. The molecule has 98 valence electrons. The molecule has 0 fully saturated rings. The van der Waals surface area contributed by atoms with Crippen molar-refractivity contribution < 1.29 is 9.90 Å². The molecule has 2 aromatic rings. The van der Waals surface area contributed by atoms with Gasteiger partial charge in [0.15, 0.2) is 6.10 Å². The zero-order valence-corrected chi connectivity index (χ0v) is 11.4. The van der Waals surface area contributed by atoms with Gasteiger partial charge in [0.25, 0.3) is 5.91 Å². The molecule has 2 heterocycles. The topological polar surface area (TPSA) is 58.4 Å². The number of anilines is 1. The maximum atomic E-state index is 11.7. The number of likely N-dealkylation sites (N-methyl/N-ethyl adjacent to an activating group) is 1. The lowest BCUT2D eigenvalue weighted by Gasteiger charge is -2.10. The highest BCUT2D eigenvalue weighted by Gasteiger charge is 2.33. The first-order valence-corrected chi connectivity index (χ1v) is 6.64. The normalized spacial score (nSPS) is 17.9. The Morgan fingerprint density at radius 1 is 1.32 bits per heavy atom. The maximum Gasteiger partial charge on any atom is 0.260 e. The predicted octanol–water partition coefficient (Wildman–Crippen LogP) is 1.58. The van der Waals surface area contributed by atoms with Gasteiger partial charge in [-0.15, -0.1) is 0 Å². The maximum absolute atomic E-state index is 11.7. The van der Waals surface area contributed by atoms with E-state index in [4.69, 9.17) is 0 Å². The van der Waals surface area contributed by atoms with Gasteiger partial charge in [-0.05, 0) is 12.1 Å². The average Bonchev–Trinajstić information content (AvgIpc) is 2.89. The number of aliphatic hydroxyl groups is 1. The zero-order chi connectivity index (χ0) is 13.6. The summed E-state index contributed by atoms with van der Waals surface area (Å²) in [6.07, 6.45) is 2.70. The van der Waals surface area contributed by atoms with Crippen molar-refractivity contribution in [3.05, 3.63) is 36.2 Å². The van der Waals surface area contributed by atoms with Crippen LogP contribution in [-0.4, -0.2) is 27.8 Å². The second-order valence-electron chi connectivity index (χ2n) is 4.47. The number of hydrogen-bond acceptors (Lipinski definition) is 4. The van der Waals surface area contributed by atoms with Gasteiger partial charge in [-0.1, -0.05) is 17.8 Å². The first kappa shape index (κ1) is 12.3. The minimum atomic E-state index is -1.03. The lowest BCUT2D eigenvalue weighted by molar-refractivity contribution is -0.125. The van der Waals surface area contributed by atoms with Crippen LogP contribution in [0.2, 0.25) is 0 Å². The molecular formula is C13H13N3O2S. The molecule has 0 saturated carbocycles. The Kier molecular flexibility index (Phi) is 2.83. The highest BCUT2D eigenvalue weighted by molar-refractivity contribution is 7.99. The third-order valence-electron chi connectivity index (χ3n) is 3.14. The quantitative estimate of drug-likeness (QED) is 0.904. The van der Waals surface area contributed by atoms with Crippen LogP contribution >= 0.6 is 11.8 Å². The van der Waals surface area contributed by atoms with Gasteiger partial charge in [0.05, 0.1) is 16.8 Å². The molecule has 5 nitrogen and oxygen atoms in total. The second-order valence-corrected chi connectivity index (χ2v) is 5.62. The summed E-state index contributed by atoms with van der Waals surface area (Å²) < 4.78 is 1.75. The van der Waals surface area contributed by atoms with E-state index in [-0.39, 0.29) is 5.91 Å². The SMILES string of the molecule is CN1C(=O)C(O)c2ccc(Sc3cnn(C)c3)cc21. The molecule has 0 saturated heterocycles. The van der Waals surface area contributed by atoms with Crippen LogP contribution in [0.25, 0.3) is 0 Å². The lowest BCUT2D eigenvalue weighted by Crippen LogP contribution is -2.23. The van der Waals surface area contributed by atoms with Crippen molar-refractivity contribution in [2.45, 2.75) is 15.9 Å². The Balaban J connectivity index is 1.92. The molecule has 1 unspecified atom stereocenters. The molecule has 1 N–H and O–H groups in total. The standard InChI is InChI=1S/C13H13N3O2S/c1-15-7-9(6-14-15)19-8-3-4-10-11(5-8)16(2)13(18)12(10)17/h3-7,12,17H,1-2H3. The summed E-state index contributed by atoms with van der Waals surface area (Å²) in [5.41, 5.74) is 1.44. The monoisotopic (exact) mass is 275 g/mol. The molecule has 6 heteroatoms. The molecular weight excluding hydrogens is 262 g/mol. The fraction of sp³-hybridized carbons (Fsp3) is 0.231. The Labute approximate surface area is 114 Å². The lowest BCUT2D eigenvalue weighted by atomic mass is 10.1. The van der Waals surface area contributed by atoms with E-state index in [1.165, 1.54) is 4.90 Å². The number of carbonyl (C=O) groups is 1. The highest BCUT2D eigenvalue weighted by atomic mass is 32.2. The van der Waals surface area contributed by atoms with E-state index in [1.54, 1.807) is 35.8 Å². The van der Waals surface area contributed by atoms with Gasteiger partial charge in [0.1, 0.15) is 0 Å². The summed E-state index contributed by atoms with van der Waals surface area (Å²) in [4.78, 5) is 15.2. The van der Waals surface area contributed by atoms with Crippen molar-refractivity contribution >= 4 is 23.4 Å². The number of carbonyl (C=O) groups excluding carboxylic acids is 1. The highest BCUT2D eigenvalue weighted by Crippen LogP contribution is 2.38. The van der Waals surface area contributed by atoms with Gasteiger partial charge in [-0.25, -0.2) is 0 Å². The Bertz CT molecular complexity index is 653. The summed E-state index contributed by atoms with van der Waals surface area (Å²) in [6, 6.07) is 5.63. The zero-order valence-electron chi connectivity index (χ0n) is 10.6. The van der Waals surface area contributed by atoms with Gasteiger partial charge in [0, 0.05) is 30.8 Å². The van der Waals surface area contributed by atoms with Crippen LogP contribution in [0.3, 0.4) is 0 Å². The molecule has 0 aliphatic carbocycles. The fourth-order valence-corrected chi connectivity index (χ4v) is 3.02. The fourth-order valence-electron chi connectivity index (χ4n) is 2.13. The van der Waals surface area contributed by atoms with E-state index in [9.17, 15) is 9.90 Å². The number of hydrogen-bond donors (Lipinski definition) is 1. The van der Waals surface area contributed by atoms with Crippen LogP contribution in [0.4, 0.5) is 5.69 Å². The largest absolute Gasteiger partial charge is 0.378 e. The molecule has 1 amide bonds. The number of aliphatic hydroxyl groups excluding tert-OH is 1. The smallest absolute Gasteiger partial charge is 0.260 e. The van der Waals surface area contributed by atoms with Crippen LogP contribution in [0.5, 0.6) is 0 Å². The van der Waals surface area contributed by atoms with E-state index < -0.39 is 6.10 Å². The minimum Gasteiger partial charge on any atom is -0.378 e. The number of aromatic nitrogens is 2. The van der Waals surface area contributed by atoms with E-state index in [1.807, 2.05) is 25.4 Å². The number of rotatable bonds is 2. The first-order chi connectivity index (χ1) is 9.06. The summed E-state index contributed by atoms with van der Waals surface area (Å²) in [7, 11) is 3.55. The Morgan fingerprint density at radius 2 is 2.11 bits per heavy atom. The van der Waals surface area contributed by atoms with Gasteiger partial charge in [0.2, 0.25) is 0 Å². The van der Waals surface area contributed by atoms with Crippen molar-refractivity contribution in [2.75, 3.05) is 11.9 Å². The molecule has 1 aliphatic rings. The molecule has 1 atom stereocenters. The minimum absolute atomic E-state index is 0.279. The molecule has 19 heavy (non-hydrogen) atoms. The molecule has 0 bridgehead atoms. The van der Waals surface area contributed by atoms with Crippen LogP contribution in [0.15, 0.2) is 40.4 Å². The Morgan fingerprint density at radius 3 is 2.79 bits per heavy atom. The van der Waals surface area contributed by atoms with Gasteiger partial charge >= 0.3 is 0 Å². The number of fused-ring (bicyclic) bond motifs is 1. The summed E-state index contributed by atoms with van der Waals surface area (Å²) in [6.45, 7) is 0. The van der Waals surface area contributed by atoms with Crippen molar-refractivity contribution in [3.8, 4) is 0 Å². The van der Waals surface area contributed by atoms with Crippen molar-refractivity contribution in [2.24, 2.45) is 7.05 Å². The summed E-state index contributed by atoms with van der Waals surface area (Å²) in [5, 5.41) is 13.9. The van der Waals surface area contributed by atoms with Crippen LogP contribution < -0.4 is 4.90 Å². The van der Waals surface area contributed by atoms with E-state index in [2.05, 4.69) is 5.10 Å². The van der Waals surface area contributed by atoms with E-state index >= 15 is 0 Å². The third kappa shape index (κ3) is 2.02. The molecule has 1 aromatic heterocycles. The predicted molar refractivity (Wildman–Crippen MR) is 72.1 cm³/mol. The summed E-state index contributed by atoms with van der Waals surface area (Å²) >= 11 is 1.58. The molecule has 0 spiro atoms.